The van der Waals surface area contributed by atoms with Crippen LogP contribution in [0.15, 0.2) is 52.2 Å². The highest BCUT2D eigenvalue weighted by Gasteiger charge is 2.25. The minimum Gasteiger partial charge on any atom is -0.376 e. The second kappa shape index (κ2) is 8.56. The van der Waals surface area contributed by atoms with Crippen LogP contribution < -0.4 is 10.4 Å². The van der Waals surface area contributed by atoms with Crippen LogP contribution in [0.5, 0.6) is 0 Å². The number of likely N-dealkylation sites (N-methyl/N-ethyl adjacent to an activating group) is 1. The molecule has 1 fully saturated rings. The second-order valence-corrected chi connectivity index (χ2v) is 9.10. The number of benzene rings is 2. The average molecular weight is 445 g/mol. The largest absolute Gasteiger partial charge is 0.376 e. The van der Waals surface area contributed by atoms with Gasteiger partial charge in [-0.2, -0.15) is 0 Å². The van der Waals surface area contributed by atoms with E-state index in [2.05, 4.69) is 14.7 Å². The Labute approximate surface area is 179 Å². The fraction of sp³-hybridized carbons (Fsp3) is 0.333. The second-order valence-electron chi connectivity index (χ2n) is 7.42. The van der Waals surface area contributed by atoms with Crippen LogP contribution in [0.25, 0.3) is 11.0 Å². The Morgan fingerprint density at radius 1 is 1.19 bits per heavy atom. The van der Waals surface area contributed by atoms with E-state index in [0.717, 1.165) is 12.8 Å². The first-order chi connectivity index (χ1) is 14.9. The molecule has 9 nitrogen and oxygen atoms in total. The molecule has 0 aliphatic carbocycles. The topological polar surface area (TPSA) is 124 Å². The van der Waals surface area contributed by atoms with Gasteiger partial charge < -0.3 is 19.6 Å². The van der Waals surface area contributed by atoms with E-state index < -0.39 is 15.7 Å². The first-order valence-corrected chi connectivity index (χ1v) is 11.6. The number of carbonyl (C=O) groups excluding carboxylic acids is 1. The van der Waals surface area contributed by atoms with E-state index in [1.807, 2.05) is 6.92 Å². The van der Waals surface area contributed by atoms with Crippen LogP contribution >= 0.6 is 0 Å². The summed E-state index contributed by atoms with van der Waals surface area (Å²) in [5.74, 6) is -0.262. The van der Waals surface area contributed by atoms with E-state index in [-0.39, 0.29) is 28.2 Å². The number of nitrogens with zero attached hydrogens (tertiary/aromatic N) is 1. The number of hydrogen-bond donors (Lipinski definition) is 3. The van der Waals surface area contributed by atoms with Crippen LogP contribution in [-0.2, 0) is 14.8 Å². The number of aromatic amines is 2. The summed E-state index contributed by atoms with van der Waals surface area (Å²) in [6.07, 6.45) is 1.88. The molecule has 3 N–H and O–H groups in total. The monoisotopic (exact) mass is 444 g/mol. The van der Waals surface area contributed by atoms with E-state index in [1.54, 1.807) is 29.2 Å². The summed E-state index contributed by atoms with van der Waals surface area (Å²) < 4.78 is 34.1. The number of imidazole rings is 1. The van der Waals surface area contributed by atoms with Crippen LogP contribution in [0.1, 0.15) is 30.1 Å². The Morgan fingerprint density at radius 2 is 1.97 bits per heavy atom. The van der Waals surface area contributed by atoms with E-state index in [0.29, 0.717) is 30.7 Å². The molecule has 1 saturated heterocycles. The van der Waals surface area contributed by atoms with Crippen LogP contribution in [0.4, 0.5) is 5.69 Å². The zero-order valence-corrected chi connectivity index (χ0v) is 17.9. The van der Waals surface area contributed by atoms with Crippen molar-refractivity contribution in [2.75, 3.05) is 24.4 Å². The molecule has 2 aromatic carbocycles. The summed E-state index contributed by atoms with van der Waals surface area (Å²) >= 11 is 0. The Hall–Kier alpha value is -3.11. The minimum absolute atomic E-state index is 0.00277. The van der Waals surface area contributed by atoms with Crippen molar-refractivity contribution in [1.82, 2.24) is 14.9 Å². The third-order valence-electron chi connectivity index (χ3n) is 5.32. The number of sulfonamides is 1. The quantitative estimate of drug-likeness (QED) is 0.516. The summed E-state index contributed by atoms with van der Waals surface area (Å²) in [5, 5.41) is 0. The molecule has 4 rings (SSSR count). The van der Waals surface area contributed by atoms with Gasteiger partial charge in [0.25, 0.3) is 15.9 Å². The van der Waals surface area contributed by atoms with Crippen LogP contribution in [0.3, 0.4) is 0 Å². The Kier molecular flexibility index (Phi) is 5.84. The van der Waals surface area contributed by atoms with Crippen molar-refractivity contribution in [2.45, 2.75) is 30.8 Å². The lowest BCUT2D eigenvalue weighted by atomic mass is 10.1. The number of nitrogens with one attached hydrogen (secondary N) is 3. The third kappa shape index (κ3) is 4.49. The number of fused-ring (bicyclic) bond motifs is 1. The predicted octanol–water partition coefficient (Wildman–Crippen LogP) is 2.30. The number of hydrogen-bond acceptors (Lipinski definition) is 5. The smallest absolute Gasteiger partial charge is 0.323 e. The highest BCUT2D eigenvalue weighted by molar-refractivity contribution is 7.92. The predicted molar refractivity (Wildman–Crippen MR) is 117 cm³/mol. The van der Waals surface area contributed by atoms with Crippen molar-refractivity contribution < 1.29 is 17.9 Å². The van der Waals surface area contributed by atoms with Gasteiger partial charge in [0.1, 0.15) is 0 Å². The lowest BCUT2D eigenvalue weighted by Crippen LogP contribution is -2.37. The van der Waals surface area contributed by atoms with Gasteiger partial charge >= 0.3 is 5.69 Å². The highest BCUT2D eigenvalue weighted by atomic mass is 32.2. The molecular weight excluding hydrogens is 420 g/mol. The van der Waals surface area contributed by atoms with Crippen molar-refractivity contribution in [3.63, 3.8) is 0 Å². The summed E-state index contributed by atoms with van der Waals surface area (Å²) in [7, 11) is -3.99. The number of aromatic nitrogens is 2. The lowest BCUT2D eigenvalue weighted by Gasteiger charge is -2.25. The van der Waals surface area contributed by atoms with Crippen molar-refractivity contribution >= 4 is 32.7 Å². The standard InChI is InChI=1S/C21H24N4O5S/c1-2-25(13-14-6-5-11-30-14)20(26)16-7-3-4-8-17(16)24-31(28,29)15-9-10-18-19(12-15)23-21(27)22-18/h3-4,7-10,12,14,24H,2,5-6,11,13H2,1H3,(H2,22,23,27). The molecule has 1 amide bonds. The number of para-hydroxylation sites is 1. The highest BCUT2D eigenvalue weighted by Crippen LogP contribution is 2.24. The Balaban J connectivity index is 1.60. The van der Waals surface area contributed by atoms with Crippen molar-refractivity contribution in [3.05, 3.63) is 58.5 Å². The van der Waals surface area contributed by atoms with Gasteiger partial charge in [0, 0.05) is 19.7 Å². The molecule has 0 spiro atoms. The molecule has 2 heterocycles. The van der Waals surface area contributed by atoms with E-state index in [1.165, 1.54) is 18.2 Å². The molecule has 1 atom stereocenters. The molecular formula is C21H24N4O5S. The normalized spacial score (nSPS) is 16.5. The number of amides is 1. The van der Waals surface area contributed by atoms with Gasteiger partial charge in [-0.05, 0) is 50.1 Å². The fourth-order valence-electron chi connectivity index (χ4n) is 3.70. The molecule has 0 saturated carbocycles. The van der Waals surface area contributed by atoms with E-state index in [9.17, 15) is 18.0 Å². The van der Waals surface area contributed by atoms with Crippen molar-refractivity contribution in [3.8, 4) is 0 Å². The first kappa shape index (κ1) is 21.1. The van der Waals surface area contributed by atoms with Gasteiger partial charge in [-0.1, -0.05) is 12.1 Å². The summed E-state index contributed by atoms with van der Waals surface area (Å²) in [5.41, 5.74) is 0.931. The molecule has 1 aliphatic heterocycles. The zero-order valence-electron chi connectivity index (χ0n) is 17.1. The number of H-pyrrole nitrogens is 2. The molecule has 10 heteroatoms. The van der Waals surface area contributed by atoms with Crippen molar-refractivity contribution in [2.24, 2.45) is 0 Å². The van der Waals surface area contributed by atoms with Crippen LogP contribution in [-0.4, -0.2) is 55.0 Å². The Morgan fingerprint density at radius 3 is 2.71 bits per heavy atom. The number of carbonyl (C=O) groups is 1. The number of ether oxygens (including phenoxy) is 1. The van der Waals surface area contributed by atoms with Crippen LogP contribution in [0.2, 0.25) is 0 Å². The number of rotatable bonds is 7. The van der Waals surface area contributed by atoms with Gasteiger partial charge in [0.05, 0.1) is 33.3 Å². The van der Waals surface area contributed by atoms with Crippen molar-refractivity contribution in [1.29, 1.82) is 0 Å². The molecule has 0 bridgehead atoms. The molecule has 164 valence electrons. The molecule has 1 aliphatic rings. The maximum absolute atomic E-state index is 13.2. The number of anilines is 1. The van der Waals surface area contributed by atoms with Gasteiger partial charge in [0.15, 0.2) is 0 Å². The maximum Gasteiger partial charge on any atom is 0.323 e. The van der Waals surface area contributed by atoms with Crippen LogP contribution in [0, 0.1) is 0 Å². The molecule has 0 radical (unpaired) electrons. The Bertz CT molecular complexity index is 1260. The summed E-state index contributed by atoms with van der Waals surface area (Å²) in [6, 6.07) is 10.8. The third-order valence-corrected chi connectivity index (χ3v) is 6.68. The van der Waals surface area contributed by atoms with Gasteiger partial charge in [-0.15, -0.1) is 0 Å². The lowest BCUT2D eigenvalue weighted by molar-refractivity contribution is 0.0540. The van der Waals surface area contributed by atoms with E-state index >= 15 is 0 Å². The summed E-state index contributed by atoms with van der Waals surface area (Å²) in [6.45, 7) is 3.53. The van der Waals surface area contributed by atoms with Gasteiger partial charge in [-0.3, -0.25) is 9.52 Å². The molecule has 31 heavy (non-hydrogen) atoms. The average Bonchev–Trinajstić information content (AvgIpc) is 3.39. The SMILES string of the molecule is CCN(CC1CCCO1)C(=O)c1ccccc1NS(=O)(=O)c1ccc2[nH]c(=O)[nH]c2c1. The summed E-state index contributed by atoms with van der Waals surface area (Å²) in [4.78, 5) is 31.4. The van der Waals surface area contributed by atoms with Gasteiger partial charge in [-0.25, -0.2) is 13.2 Å². The fourth-order valence-corrected chi connectivity index (χ4v) is 4.81. The zero-order chi connectivity index (χ0) is 22.0. The van der Waals surface area contributed by atoms with E-state index in [4.69, 9.17) is 4.74 Å². The maximum atomic E-state index is 13.2. The first-order valence-electron chi connectivity index (χ1n) is 10.1. The molecule has 3 aromatic rings. The van der Waals surface area contributed by atoms with Gasteiger partial charge in [0.2, 0.25) is 0 Å². The molecule has 1 aromatic heterocycles. The minimum atomic E-state index is -3.99. The molecule has 1 unspecified atom stereocenters.